The first-order valence-electron chi connectivity index (χ1n) is 8.67. The van der Waals surface area contributed by atoms with Crippen LogP contribution in [0.1, 0.15) is 18.1 Å². The highest BCUT2D eigenvalue weighted by Gasteiger charge is 2.30. The second kappa shape index (κ2) is 8.92. The van der Waals surface area contributed by atoms with Gasteiger partial charge in [-0.3, -0.25) is 4.79 Å². The number of hydrogen-bond acceptors (Lipinski definition) is 9. The van der Waals surface area contributed by atoms with E-state index < -0.39 is 11.2 Å². The molecule has 10 nitrogen and oxygen atoms in total. The van der Waals surface area contributed by atoms with Crippen molar-refractivity contribution in [3.63, 3.8) is 0 Å². The third kappa shape index (κ3) is 4.38. The van der Waals surface area contributed by atoms with Crippen molar-refractivity contribution in [2.45, 2.75) is 17.2 Å². The zero-order valence-corrected chi connectivity index (χ0v) is 17.8. The van der Waals surface area contributed by atoms with Gasteiger partial charge in [0.25, 0.3) is 5.69 Å². The van der Waals surface area contributed by atoms with E-state index in [1.807, 2.05) is 12.1 Å². The summed E-state index contributed by atoms with van der Waals surface area (Å²) >= 11 is 6.88. The predicted octanol–water partition coefficient (Wildman–Crippen LogP) is 1.73. The van der Waals surface area contributed by atoms with E-state index in [1.54, 1.807) is 31.2 Å². The molecule has 0 radical (unpaired) electrons. The summed E-state index contributed by atoms with van der Waals surface area (Å²) in [5.74, 6) is -1.41. The topological polar surface area (TPSA) is 169 Å². The van der Waals surface area contributed by atoms with Crippen LogP contribution in [0.2, 0.25) is 5.02 Å². The molecule has 3 N–H and O–H groups in total. The Morgan fingerprint density at radius 2 is 2.10 bits per heavy atom. The largest absolute Gasteiger partial charge is 0.539 e. The molecule has 0 aliphatic rings. The first-order valence-corrected chi connectivity index (χ1v) is 9.92. The molecule has 0 aliphatic carbocycles. The van der Waals surface area contributed by atoms with E-state index in [9.17, 15) is 20.4 Å². The summed E-state index contributed by atoms with van der Waals surface area (Å²) in [6.07, 6.45) is 0. The fourth-order valence-corrected chi connectivity index (χ4v) is 3.84. The third-order valence-corrected chi connectivity index (χ3v) is 5.49. The number of halogens is 1. The number of benzene rings is 1. The second-order valence-corrected chi connectivity index (χ2v) is 8.01. The van der Waals surface area contributed by atoms with Crippen molar-refractivity contribution in [3.8, 4) is 29.3 Å². The van der Waals surface area contributed by atoms with Crippen molar-refractivity contribution in [1.82, 2.24) is 10.3 Å². The maximum atomic E-state index is 12.6. The molecule has 0 bridgehead atoms. The van der Waals surface area contributed by atoms with Gasteiger partial charge in [-0.25, -0.2) is 4.98 Å². The van der Waals surface area contributed by atoms with Crippen LogP contribution in [0.15, 0.2) is 33.8 Å². The van der Waals surface area contributed by atoms with Crippen molar-refractivity contribution in [1.29, 1.82) is 10.5 Å². The number of nitrogen functional groups attached to an aromatic ring is 1. The Hall–Kier alpha value is -3.80. The summed E-state index contributed by atoms with van der Waals surface area (Å²) in [5, 5.41) is 37.5. The normalized spacial score (nSPS) is 11.4. The number of aryl methyl sites for hydroxylation is 1. The number of carbonyl (C=O) groups excluding carboxylic acids is 1. The lowest BCUT2D eigenvalue weighted by Gasteiger charge is -2.15. The number of nitriles is 2. The Morgan fingerprint density at radius 3 is 2.68 bits per heavy atom. The molecule has 0 spiro atoms. The monoisotopic (exact) mass is 455 g/mol. The lowest BCUT2D eigenvalue weighted by Crippen LogP contribution is -2.32. The Labute approximate surface area is 185 Å². The quantitative estimate of drug-likeness (QED) is 0.429. The number of hydrogen-bond donors (Lipinski definition) is 2. The average Bonchev–Trinajstić information content (AvgIpc) is 3.05. The highest BCUT2D eigenvalue weighted by molar-refractivity contribution is 8.00. The highest BCUT2D eigenvalue weighted by atomic mass is 35.5. The van der Waals surface area contributed by atoms with Crippen LogP contribution in [0, 0.1) is 22.7 Å². The number of nitrogens with two attached hydrogens (primary N) is 1. The standard InChI is InChI=1S/C19H14ClN7O3S/c1-9(17(28)24-11-5-3-4-10(20)6-11)31-18-13(8-22)14(12(7-21)16(23)25-18)15-19(29)30-26-27(15)2/h3-6,9H,1-2H3,(H3-,23,24,25,26,28,29). The molecule has 1 amide bonds. The molecule has 0 aliphatic heterocycles. The Balaban J connectivity index is 2.01. The van der Waals surface area contributed by atoms with Gasteiger partial charge in [0.05, 0.1) is 21.6 Å². The molecule has 3 aromatic rings. The third-order valence-electron chi connectivity index (χ3n) is 4.17. The van der Waals surface area contributed by atoms with E-state index in [0.717, 1.165) is 16.4 Å². The molecule has 1 atom stereocenters. The van der Waals surface area contributed by atoms with Crippen molar-refractivity contribution >= 4 is 40.8 Å². The molecular formula is C19H14ClN7O3S. The Morgan fingerprint density at radius 1 is 1.39 bits per heavy atom. The van der Waals surface area contributed by atoms with Gasteiger partial charge in [0.15, 0.2) is 13.0 Å². The minimum atomic E-state index is -0.844. The van der Waals surface area contributed by atoms with Gasteiger partial charge >= 0.3 is 0 Å². The van der Waals surface area contributed by atoms with Crippen molar-refractivity contribution in [2.75, 3.05) is 11.1 Å². The fraction of sp³-hybridized carbons (Fsp3) is 0.158. The number of pyridine rings is 1. The minimum absolute atomic E-state index is 0.0452. The molecule has 156 valence electrons. The van der Waals surface area contributed by atoms with Crippen molar-refractivity contribution < 1.29 is 19.1 Å². The van der Waals surface area contributed by atoms with Crippen LogP contribution < -0.4 is 20.8 Å². The second-order valence-electron chi connectivity index (χ2n) is 6.24. The van der Waals surface area contributed by atoms with Crippen LogP contribution in [0.25, 0.3) is 11.3 Å². The highest BCUT2D eigenvalue weighted by Crippen LogP contribution is 2.38. The first kappa shape index (κ1) is 21.9. The van der Waals surface area contributed by atoms with Gasteiger partial charge in [0.1, 0.15) is 28.5 Å². The minimum Gasteiger partial charge on any atom is -0.539 e. The lowest BCUT2D eigenvalue weighted by atomic mass is 10.0. The number of amides is 1. The first-order chi connectivity index (χ1) is 14.8. The molecule has 2 aromatic heterocycles. The van der Waals surface area contributed by atoms with Crippen LogP contribution in [-0.4, -0.2) is 21.4 Å². The van der Waals surface area contributed by atoms with E-state index in [-0.39, 0.29) is 39.1 Å². The van der Waals surface area contributed by atoms with Gasteiger partial charge in [0, 0.05) is 10.7 Å². The van der Waals surface area contributed by atoms with Crippen LogP contribution in [-0.2, 0) is 11.8 Å². The lowest BCUT2D eigenvalue weighted by molar-refractivity contribution is -0.730. The number of rotatable bonds is 5. The fourth-order valence-electron chi connectivity index (χ4n) is 2.73. The number of anilines is 2. The summed E-state index contributed by atoms with van der Waals surface area (Å²) < 4.78 is 5.72. The molecule has 3 rings (SSSR count). The average molecular weight is 456 g/mol. The van der Waals surface area contributed by atoms with Gasteiger partial charge in [-0.1, -0.05) is 34.1 Å². The molecule has 31 heavy (non-hydrogen) atoms. The van der Waals surface area contributed by atoms with Gasteiger partial charge in [-0.15, -0.1) is 0 Å². The summed E-state index contributed by atoms with van der Waals surface area (Å²) in [6.45, 7) is 1.61. The van der Waals surface area contributed by atoms with Crippen LogP contribution >= 0.6 is 23.4 Å². The molecule has 0 saturated carbocycles. The number of nitrogens with one attached hydrogen (secondary N) is 1. The van der Waals surface area contributed by atoms with Gasteiger partial charge in [-0.05, 0) is 25.1 Å². The van der Waals surface area contributed by atoms with Crippen LogP contribution in [0.5, 0.6) is 5.95 Å². The number of carbonyl (C=O) groups is 1. The number of aromatic nitrogens is 3. The van der Waals surface area contributed by atoms with Crippen LogP contribution in [0.3, 0.4) is 0 Å². The van der Waals surface area contributed by atoms with Gasteiger partial charge in [0.2, 0.25) is 5.91 Å². The summed E-state index contributed by atoms with van der Waals surface area (Å²) in [4.78, 5) is 16.7. The summed E-state index contributed by atoms with van der Waals surface area (Å²) in [5.41, 5.74) is 6.01. The molecule has 2 heterocycles. The molecule has 1 aromatic carbocycles. The molecular weight excluding hydrogens is 442 g/mol. The zero-order chi connectivity index (χ0) is 22.7. The van der Waals surface area contributed by atoms with E-state index in [0.29, 0.717) is 10.7 Å². The summed E-state index contributed by atoms with van der Waals surface area (Å²) in [6, 6.07) is 10.5. The van der Waals surface area contributed by atoms with E-state index >= 15 is 0 Å². The van der Waals surface area contributed by atoms with E-state index in [1.165, 1.54) is 7.05 Å². The SMILES string of the molecule is CC(Sc1nc(N)c(C#N)c(-c2c([O-])on[n+]2C)c1C#N)C(=O)Nc1cccc(Cl)c1. The molecule has 0 saturated heterocycles. The molecule has 12 heteroatoms. The Bertz CT molecular complexity index is 1240. The predicted molar refractivity (Wildman–Crippen MR) is 110 cm³/mol. The van der Waals surface area contributed by atoms with Gasteiger partial charge in [-0.2, -0.15) is 10.5 Å². The van der Waals surface area contributed by atoms with E-state index in [4.69, 9.17) is 17.3 Å². The molecule has 0 fully saturated rings. The van der Waals surface area contributed by atoms with Crippen LogP contribution in [0.4, 0.5) is 11.5 Å². The zero-order valence-electron chi connectivity index (χ0n) is 16.2. The van der Waals surface area contributed by atoms with Crippen molar-refractivity contribution in [3.05, 3.63) is 40.4 Å². The number of thioether (sulfide) groups is 1. The van der Waals surface area contributed by atoms with E-state index in [2.05, 4.69) is 20.1 Å². The maximum Gasteiger partial charge on any atom is 0.266 e. The Kier molecular flexibility index (Phi) is 6.30. The molecule has 1 unspecified atom stereocenters. The number of nitrogens with zero attached hydrogens (tertiary/aromatic N) is 5. The maximum absolute atomic E-state index is 12.6. The van der Waals surface area contributed by atoms with Gasteiger partial charge < -0.3 is 20.7 Å². The van der Waals surface area contributed by atoms with Crippen molar-refractivity contribution in [2.24, 2.45) is 7.05 Å². The summed E-state index contributed by atoms with van der Waals surface area (Å²) in [7, 11) is 1.42. The smallest absolute Gasteiger partial charge is 0.266 e.